The summed E-state index contributed by atoms with van der Waals surface area (Å²) in [6.07, 6.45) is 2.50. The summed E-state index contributed by atoms with van der Waals surface area (Å²) in [4.78, 5) is 13.5. The zero-order valence-corrected chi connectivity index (χ0v) is 13.4. The first-order valence-corrected chi connectivity index (χ1v) is 7.66. The SMILES string of the molecule is CN(Cc1ccc(Cl)cc1Cl)C(=O)CCCCBr. The zero-order chi connectivity index (χ0) is 13.5. The molecule has 0 unspecified atom stereocenters. The van der Waals surface area contributed by atoms with Gasteiger partial charge in [-0.25, -0.2) is 0 Å². The Morgan fingerprint density at radius 2 is 2.06 bits per heavy atom. The standard InChI is InChI=1S/C13H16BrCl2NO/c1-17(13(18)4-2-3-7-14)9-10-5-6-11(15)8-12(10)16/h5-6,8H,2-4,7,9H2,1H3. The Kier molecular flexibility index (Phi) is 7.05. The number of rotatable bonds is 6. The number of halogens is 3. The third kappa shape index (κ3) is 5.17. The summed E-state index contributed by atoms with van der Waals surface area (Å²) in [7, 11) is 1.79. The minimum absolute atomic E-state index is 0.141. The second-order valence-electron chi connectivity index (χ2n) is 4.13. The molecule has 1 rings (SSSR count). The molecule has 0 aliphatic carbocycles. The molecular formula is C13H16BrCl2NO. The Balaban J connectivity index is 2.53. The van der Waals surface area contributed by atoms with Crippen molar-refractivity contribution in [2.45, 2.75) is 25.8 Å². The van der Waals surface area contributed by atoms with E-state index in [9.17, 15) is 4.79 Å². The van der Waals surface area contributed by atoms with Crippen LogP contribution in [-0.4, -0.2) is 23.2 Å². The van der Waals surface area contributed by atoms with Gasteiger partial charge in [-0.2, -0.15) is 0 Å². The van der Waals surface area contributed by atoms with Crippen LogP contribution in [0, 0.1) is 0 Å². The molecule has 1 amide bonds. The highest BCUT2D eigenvalue weighted by molar-refractivity contribution is 9.09. The van der Waals surface area contributed by atoms with Gasteiger partial charge in [-0.3, -0.25) is 4.79 Å². The Bertz CT molecular complexity index is 412. The fourth-order valence-corrected chi connectivity index (χ4v) is 2.42. The maximum atomic E-state index is 11.8. The number of carbonyl (C=O) groups is 1. The molecule has 0 aromatic heterocycles. The summed E-state index contributed by atoms with van der Waals surface area (Å²) in [6.45, 7) is 0.517. The van der Waals surface area contributed by atoms with Crippen LogP contribution in [0.1, 0.15) is 24.8 Å². The molecule has 0 spiro atoms. The van der Waals surface area contributed by atoms with Crippen molar-refractivity contribution in [3.8, 4) is 0 Å². The van der Waals surface area contributed by atoms with E-state index < -0.39 is 0 Å². The average Bonchev–Trinajstić information content (AvgIpc) is 2.32. The highest BCUT2D eigenvalue weighted by atomic mass is 79.9. The number of hydrogen-bond donors (Lipinski definition) is 0. The van der Waals surface area contributed by atoms with Crippen LogP contribution < -0.4 is 0 Å². The lowest BCUT2D eigenvalue weighted by Gasteiger charge is -2.18. The fourth-order valence-electron chi connectivity index (χ4n) is 1.56. The van der Waals surface area contributed by atoms with Crippen LogP contribution in [-0.2, 0) is 11.3 Å². The first-order valence-electron chi connectivity index (χ1n) is 5.78. The van der Waals surface area contributed by atoms with Crippen molar-refractivity contribution in [2.24, 2.45) is 0 Å². The Hall–Kier alpha value is -0.250. The van der Waals surface area contributed by atoms with Gasteiger partial charge in [0.1, 0.15) is 0 Å². The molecule has 0 saturated heterocycles. The highest BCUT2D eigenvalue weighted by Gasteiger charge is 2.10. The number of amides is 1. The number of hydrogen-bond acceptors (Lipinski definition) is 1. The summed E-state index contributed by atoms with van der Waals surface area (Å²) in [5.74, 6) is 0.141. The van der Waals surface area contributed by atoms with Crippen molar-refractivity contribution in [2.75, 3.05) is 12.4 Å². The minimum atomic E-state index is 0.141. The van der Waals surface area contributed by atoms with E-state index in [1.807, 2.05) is 6.07 Å². The number of unbranched alkanes of at least 4 members (excludes halogenated alkanes) is 1. The normalized spacial score (nSPS) is 10.4. The van der Waals surface area contributed by atoms with Crippen molar-refractivity contribution in [3.05, 3.63) is 33.8 Å². The summed E-state index contributed by atoms with van der Waals surface area (Å²) in [5.41, 5.74) is 0.914. The number of nitrogens with zero attached hydrogens (tertiary/aromatic N) is 1. The molecule has 100 valence electrons. The molecule has 2 nitrogen and oxygen atoms in total. The molecule has 5 heteroatoms. The molecule has 0 saturated carbocycles. The predicted octanol–water partition coefficient (Wildman–Crippen LogP) is 4.52. The van der Waals surface area contributed by atoms with E-state index in [1.165, 1.54) is 0 Å². The molecule has 0 aliphatic rings. The van der Waals surface area contributed by atoms with E-state index in [4.69, 9.17) is 23.2 Å². The topological polar surface area (TPSA) is 20.3 Å². The van der Waals surface area contributed by atoms with Crippen molar-refractivity contribution in [1.82, 2.24) is 4.90 Å². The van der Waals surface area contributed by atoms with Gasteiger partial charge in [0.2, 0.25) is 5.91 Å². The lowest BCUT2D eigenvalue weighted by atomic mass is 10.2. The van der Waals surface area contributed by atoms with E-state index in [2.05, 4.69) is 15.9 Å². The van der Waals surface area contributed by atoms with Crippen LogP contribution >= 0.6 is 39.1 Å². The van der Waals surface area contributed by atoms with E-state index in [-0.39, 0.29) is 5.91 Å². The Labute approximate surface area is 126 Å². The van der Waals surface area contributed by atoms with Crippen LogP contribution in [0.4, 0.5) is 0 Å². The molecule has 0 radical (unpaired) electrons. The summed E-state index contributed by atoms with van der Waals surface area (Å²) < 4.78 is 0. The third-order valence-corrected chi connectivity index (χ3v) is 3.77. The lowest BCUT2D eigenvalue weighted by molar-refractivity contribution is -0.130. The van der Waals surface area contributed by atoms with Gasteiger partial charge in [-0.05, 0) is 30.5 Å². The molecule has 1 aromatic carbocycles. The van der Waals surface area contributed by atoms with Crippen LogP contribution in [0.25, 0.3) is 0 Å². The summed E-state index contributed by atoms with van der Waals surface area (Å²) in [5, 5.41) is 2.14. The highest BCUT2D eigenvalue weighted by Crippen LogP contribution is 2.22. The van der Waals surface area contributed by atoms with E-state index >= 15 is 0 Å². The van der Waals surface area contributed by atoms with E-state index in [1.54, 1.807) is 24.1 Å². The van der Waals surface area contributed by atoms with Crippen molar-refractivity contribution >= 4 is 45.0 Å². The van der Waals surface area contributed by atoms with Gasteiger partial charge >= 0.3 is 0 Å². The van der Waals surface area contributed by atoms with Gasteiger partial charge in [-0.1, -0.05) is 45.2 Å². The first kappa shape index (κ1) is 15.8. The number of alkyl halides is 1. The molecular weight excluding hydrogens is 337 g/mol. The molecule has 0 fully saturated rings. The summed E-state index contributed by atoms with van der Waals surface area (Å²) in [6, 6.07) is 5.33. The third-order valence-electron chi connectivity index (χ3n) is 2.62. The van der Waals surface area contributed by atoms with Gasteiger partial charge < -0.3 is 4.90 Å². The van der Waals surface area contributed by atoms with E-state index in [0.29, 0.717) is 23.0 Å². The molecule has 0 heterocycles. The second kappa shape index (κ2) is 8.03. The fraction of sp³-hybridized carbons (Fsp3) is 0.462. The van der Waals surface area contributed by atoms with Crippen molar-refractivity contribution < 1.29 is 4.79 Å². The maximum absolute atomic E-state index is 11.8. The summed E-state index contributed by atoms with van der Waals surface area (Å²) >= 11 is 15.3. The first-order chi connectivity index (χ1) is 8.54. The molecule has 0 bridgehead atoms. The Morgan fingerprint density at radius 1 is 1.33 bits per heavy atom. The smallest absolute Gasteiger partial charge is 0.222 e. The number of carbonyl (C=O) groups excluding carboxylic acids is 1. The largest absolute Gasteiger partial charge is 0.341 e. The zero-order valence-electron chi connectivity index (χ0n) is 10.3. The quantitative estimate of drug-likeness (QED) is 0.544. The van der Waals surface area contributed by atoms with Crippen LogP contribution in [0.3, 0.4) is 0 Å². The minimum Gasteiger partial charge on any atom is -0.341 e. The monoisotopic (exact) mass is 351 g/mol. The lowest BCUT2D eigenvalue weighted by Crippen LogP contribution is -2.26. The van der Waals surface area contributed by atoms with Crippen LogP contribution in [0.2, 0.25) is 10.0 Å². The van der Waals surface area contributed by atoms with Crippen LogP contribution in [0.15, 0.2) is 18.2 Å². The number of benzene rings is 1. The molecule has 0 N–H and O–H groups in total. The van der Waals surface area contributed by atoms with Gasteiger partial charge in [-0.15, -0.1) is 0 Å². The molecule has 1 aromatic rings. The van der Waals surface area contributed by atoms with Gasteiger partial charge in [0.05, 0.1) is 0 Å². The van der Waals surface area contributed by atoms with Gasteiger partial charge in [0, 0.05) is 35.4 Å². The molecule has 0 atom stereocenters. The van der Waals surface area contributed by atoms with E-state index in [0.717, 1.165) is 23.7 Å². The Morgan fingerprint density at radius 3 is 2.67 bits per heavy atom. The molecule has 0 aliphatic heterocycles. The average molecular weight is 353 g/mol. The van der Waals surface area contributed by atoms with Crippen molar-refractivity contribution in [1.29, 1.82) is 0 Å². The second-order valence-corrected chi connectivity index (χ2v) is 5.77. The maximum Gasteiger partial charge on any atom is 0.222 e. The predicted molar refractivity (Wildman–Crippen MR) is 80.6 cm³/mol. The van der Waals surface area contributed by atoms with Crippen LogP contribution in [0.5, 0.6) is 0 Å². The van der Waals surface area contributed by atoms with Gasteiger partial charge in [0.15, 0.2) is 0 Å². The van der Waals surface area contributed by atoms with Gasteiger partial charge in [0.25, 0.3) is 0 Å². The van der Waals surface area contributed by atoms with Crippen molar-refractivity contribution in [3.63, 3.8) is 0 Å². The molecule has 18 heavy (non-hydrogen) atoms.